The van der Waals surface area contributed by atoms with Crippen LogP contribution in [-0.4, -0.2) is 42.9 Å². The number of methoxy groups -OCH3 is 1. The molecule has 1 amide bonds. The third kappa shape index (κ3) is 5.20. The van der Waals surface area contributed by atoms with Crippen molar-refractivity contribution in [1.29, 1.82) is 0 Å². The molecule has 7 heteroatoms. The minimum Gasteiger partial charge on any atom is -0.497 e. The van der Waals surface area contributed by atoms with E-state index in [1.807, 2.05) is 24.3 Å². The number of amides is 1. The smallest absolute Gasteiger partial charge is 0.355 e. The van der Waals surface area contributed by atoms with Crippen LogP contribution in [0.1, 0.15) is 44.6 Å². The molecule has 1 aromatic heterocycles. The van der Waals surface area contributed by atoms with Crippen molar-refractivity contribution in [1.82, 2.24) is 10.3 Å². The predicted molar refractivity (Wildman–Crippen MR) is 100 cm³/mol. The van der Waals surface area contributed by atoms with Crippen LogP contribution in [0.25, 0.3) is 0 Å². The van der Waals surface area contributed by atoms with E-state index in [1.54, 1.807) is 21.0 Å². The maximum absolute atomic E-state index is 12.2. The lowest BCUT2D eigenvalue weighted by atomic mass is 10.1. The van der Waals surface area contributed by atoms with Crippen molar-refractivity contribution in [2.75, 3.05) is 20.3 Å². The van der Waals surface area contributed by atoms with Gasteiger partial charge in [-0.25, -0.2) is 4.79 Å². The highest BCUT2D eigenvalue weighted by Crippen LogP contribution is 2.19. The number of aryl methyl sites for hydroxylation is 1. The SMILES string of the molecule is COc1ccc(CCNC(=O)COC(=O)c2[nH]c(C)c(C(C)=O)c2C)cc1. The molecule has 0 fully saturated rings. The van der Waals surface area contributed by atoms with Gasteiger partial charge in [0, 0.05) is 17.8 Å². The Kier molecular flexibility index (Phi) is 6.76. The summed E-state index contributed by atoms with van der Waals surface area (Å²) in [4.78, 5) is 38.5. The minimum absolute atomic E-state index is 0.128. The van der Waals surface area contributed by atoms with Crippen LogP contribution in [0.4, 0.5) is 0 Å². The lowest BCUT2D eigenvalue weighted by Crippen LogP contribution is -2.30. The zero-order valence-electron chi connectivity index (χ0n) is 16.0. The summed E-state index contributed by atoms with van der Waals surface area (Å²) in [5.41, 5.74) is 2.87. The first-order valence-corrected chi connectivity index (χ1v) is 8.60. The van der Waals surface area contributed by atoms with Crippen molar-refractivity contribution in [2.24, 2.45) is 0 Å². The molecule has 2 rings (SSSR count). The fraction of sp³-hybridized carbons (Fsp3) is 0.350. The first kappa shape index (κ1) is 20.2. The lowest BCUT2D eigenvalue weighted by Gasteiger charge is -2.07. The number of hydrogen-bond acceptors (Lipinski definition) is 5. The second-order valence-corrected chi connectivity index (χ2v) is 6.21. The van der Waals surface area contributed by atoms with Crippen LogP contribution in [-0.2, 0) is 16.0 Å². The molecule has 2 N–H and O–H groups in total. The van der Waals surface area contributed by atoms with Crippen molar-refractivity contribution in [3.05, 3.63) is 52.3 Å². The molecule has 0 atom stereocenters. The summed E-state index contributed by atoms with van der Waals surface area (Å²) < 4.78 is 10.1. The van der Waals surface area contributed by atoms with Gasteiger partial charge in [-0.2, -0.15) is 0 Å². The quantitative estimate of drug-likeness (QED) is 0.548. The molecule has 0 aliphatic heterocycles. The number of Topliss-reactive ketones (excluding diaryl/α,β-unsaturated/α-hetero) is 1. The number of carbonyl (C=O) groups is 3. The van der Waals surface area contributed by atoms with Crippen molar-refractivity contribution in [3.63, 3.8) is 0 Å². The number of hydrogen-bond donors (Lipinski definition) is 2. The Labute approximate surface area is 158 Å². The van der Waals surface area contributed by atoms with E-state index < -0.39 is 5.97 Å². The molecule has 0 saturated heterocycles. The number of ether oxygens (including phenoxy) is 2. The molecule has 0 saturated carbocycles. The Bertz CT molecular complexity index is 837. The van der Waals surface area contributed by atoms with Crippen LogP contribution in [0.5, 0.6) is 5.75 Å². The summed E-state index contributed by atoms with van der Waals surface area (Å²) in [6, 6.07) is 7.56. The van der Waals surface area contributed by atoms with E-state index in [0.29, 0.717) is 29.8 Å². The van der Waals surface area contributed by atoms with E-state index in [-0.39, 0.29) is 24.0 Å². The Morgan fingerprint density at radius 3 is 2.33 bits per heavy atom. The number of carbonyl (C=O) groups excluding carboxylic acids is 3. The molecule has 0 aliphatic rings. The highest BCUT2D eigenvalue weighted by Gasteiger charge is 2.21. The maximum Gasteiger partial charge on any atom is 0.355 e. The number of H-pyrrole nitrogens is 1. The second kappa shape index (κ2) is 9.02. The summed E-state index contributed by atoms with van der Waals surface area (Å²) in [5.74, 6) is -0.396. The predicted octanol–water partition coefficient (Wildman–Crippen LogP) is 2.36. The monoisotopic (exact) mass is 372 g/mol. The minimum atomic E-state index is -0.659. The molecule has 1 heterocycles. The zero-order chi connectivity index (χ0) is 20.0. The number of rotatable bonds is 8. The first-order chi connectivity index (χ1) is 12.8. The highest BCUT2D eigenvalue weighted by molar-refractivity contribution is 6.01. The van der Waals surface area contributed by atoms with Gasteiger partial charge in [0.2, 0.25) is 0 Å². The maximum atomic E-state index is 12.2. The lowest BCUT2D eigenvalue weighted by molar-refractivity contribution is -0.124. The summed E-state index contributed by atoms with van der Waals surface area (Å²) in [6.07, 6.45) is 0.653. The number of nitrogens with one attached hydrogen (secondary N) is 2. The number of aromatic amines is 1. The Balaban J connectivity index is 1.80. The van der Waals surface area contributed by atoms with E-state index in [1.165, 1.54) is 6.92 Å². The Morgan fingerprint density at radius 2 is 1.78 bits per heavy atom. The van der Waals surface area contributed by atoms with Crippen LogP contribution in [0.2, 0.25) is 0 Å². The molecule has 2 aromatic rings. The van der Waals surface area contributed by atoms with Gasteiger partial charge in [-0.3, -0.25) is 9.59 Å². The summed E-state index contributed by atoms with van der Waals surface area (Å²) in [6.45, 7) is 4.87. The Morgan fingerprint density at radius 1 is 1.11 bits per heavy atom. The number of benzene rings is 1. The first-order valence-electron chi connectivity index (χ1n) is 8.60. The summed E-state index contributed by atoms with van der Waals surface area (Å²) in [7, 11) is 1.60. The van der Waals surface area contributed by atoms with Gasteiger partial charge in [-0.1, -0.05) is 12.1 Å². The van der Waals surface area contributed by atoms with Gasteiger partial charge in [-0.15, -0.1) is 0 Å². The van der Waals surface area contributed by atoms with Crippen LogP contribution in [0.15, 0.2) is 24.3 Å². The second-order valence-electron chi connectivity index (χ2n) is 6.21. The number of esters is 1. The van der Waals surface area contributed by atoms with Gasteiger partial charge >= 0.3 is 5.97 Å². The van der Waals surface area contributed by atoms with Crippen molar-refractivity contribution in [3.8, 4) is 5.75 Å². The molecule has 7 nitrogen and oxygen atoms in total. The molecule has 0 spiro atoms. The molecule has 0 bridgehead atoms. The summed E-state index contributed by atoms with van der Waals surface area (Å²) >= 11 is 0. The molecule has 27 heavy (non-hydrogen) atoms. The molecular weight excluding hydrogens is 348 g/mol. The van der Waals surface area contributed by atoms with E-state index >= 15 is 0 Å². The topological polar surface area (TPSA) is 97.5 Å². The van der Waals surface area contributed by atoms with E-state index in [2.05, 4.69) is 10.3 Å². The zero-order valence-corrected chi connectivity index (χ0v) is 16.0. The van der Waals surface area contributed by atoms with Crippen LogP contribution < -0.4 is 10.1 Å². The Hall–Kier alpha value is -3.09. The van der Waals surface area contributed by atoms with Gasteiger partial charge in [-0.05, 0) is 50.5 Å². The summed E-state index contributed by atoms with van der Waals surface area (Å²) in [5, 5.41) is 2.70. The highest BCUT2D eigenvalue weighted by atomic mass is 16.5. The van der Waals surface area contributed by atoms with Crippen LogP contribution in [0, 0.1) is 13.8 Å². The largest absolute Gasteiger partial charge is 0.497 e. The fourth-order valence-electron chi connectivity index (χ4n) is 2.87. The van der Waals surface area contributed by atoms with E-state index in [9.17, 15) is 14.4 Å². The normalized spacial score (nSPS) is 10.4. The van der Waals surface area contributed by atoms with Crippen molar-refractivity contribution < 1.29 is 23.9 Å². The number of ketones is 1. The van der Waals surface area contributed by atoms with Gasteiger partial charge in [0.05, 0.1) is 7.11 Å². The fourth-order valence-corrected chi connectivity index (χ4v) is 2.87. The average molecular weight is 372 g/mol. The third-order valence-corrected chi connectivity index (χ3v) is 4.22. The molecular formula is C20H24N2O5. The van der Waals surface area contributed by atoms with Crippen LogP contribution >= 0.6 is 0 Å². The third-order valence-electron chi connectivity index (χ3n) is 4.22. The molecule has 144 valence electrons. The molecule has 0 aliphatic carbocycles. The average Bonchev–Trinajstić information content (AvgIpc) is 2.94. The van der Waals surface area contributed by atoms with E-state index in [4.69, 9.17) is 9.47 Å². The van der Waals surface area contributed by atoms with E-state index in [0.717, 1.165) is 11.3 Å². The molecule has 0 radical (unpaired) electrons. The molecule has 0 unspecified atom stereocenters. The van der Waals surface area contributed by atoms with Gasteiger partial charge < -0.3 is 19.8 Å². The van der Waals surface area contributed by atoms with Crippen molar-refractivity contribution in [2.45, 2.75) is 27.2 Å². The standard InChI is InChI=1S/C20H24N2O5/c1-12-18(14(3)23)13(2)22-19(12)20(25)27-11-17(24)21-10-9-15-5-7-16(26-4)8-6-15/h5-8,22H,9-11H2,1-4H3,(H,21,24). The van der Waals surface area contributed by atoms with Gasteiger partial charge in [0.1, 0.15) is 11.4 Å². The van der Waals surface area contributed by atoms with Crippen molar-refractivity contribution >= 4 is 17.7 Å². The molecule has 1 aromatic carbocycles. The van der Waals surface area contributed by atoms with Gasteiger partial charge in [0.25, 0.3) is 5.91 Å². The van der Waals surface area contributed by atoms with Gasteiger partial charge in [0.15, 0.2) is 12.4 Å². The van der Waals surface area contributed by atoms with Crippen LogP contribution in [0.3, 0.4) is 0 Å². The number of aromatic nitrogens is 1.